The molecular formula is C11H26O6Si3. The third kappa shape index (κ3) is 7.00. The second-order valence-corrected chi connectivity index (χ2v) is 15.5. The van der Waals surface area contributed by atoms with Crippen molar-refractivity contribution in [3.63, 3.8) is 0 Å². The van der Waals surface area contributed by atoms with E-state index in [2.05, 4.69) is 30.9 Å². The van der Waals surface area contributed by atoms with E-state index in [1.54, 1.807) is 0 Å². The highest BCUT2D eigenvalue weighted by molar-refractivity contribution is 6.82. The monoisotopic (exact) mass is 338 g/mol. The lowest BCUT2D eigenvalue weighted by Gasteiger charge is -2.33. The Labute approximate surface area is 126 Å². The van der Waals surface area contributed by atoms with Gasteiger partial charge >= 0.3 is 14.7 Å². The highest BCUT2D eigenvalue weighted by Gasteiger charge is 2.34. The average molecular weight is 339 g/mol. The van der Waals surface area contributed by atoms with E-state index in [1.807, 2.05) is 0 Å². The number of carbonyl (C=O) groups is 1. The first-order valence-corrected chi connectivity index (χ1v) is 13.7. The van der Waals surface area contributed by atoms with Crippen LogP contribution in [0.5, 0.6) is 0 Å². The van der Waals surface area contributed by atoms with E-state index >= 15 is 0 Å². The van der Waals surface area contributed by atoms with Crippen LogP contribution in [0.1, 0.15) is 6.42 Å². The number of ether oxygens (including phenoxy) is 3. The van der Waals surface area contributed by atoms with Gasteiger partial charge in [0.1, 0.15) is 17.1 Å². The summed E-state index contributed by atoms with van der Waals surface area (Å²) < 4.78 is 27.0. The molecule has 2 atom stereocenters. The Morgan fingerprint density at radius 1 is 1.35 bits per heavy atom. The van der Waals surface area contributed by atoms with Crippen molar-refractivity contribution in [3.8, 4) is 0 Å². The summed E-state index contributed by atoms with van der Waals surface area (Å²) in [6, 6.07) is 0.932. The van der Waals surface area contributed by atoms with Crippen molar-refractivity contribution in [2.45, 2.75) is 44.8 Å². The van der Waals surface area contributed by atoms with Gasteiger partial charge in [0.05, 0.1) is 6.61 Å². The summed E-state index contributed by atoms with van der Waals surface area (Å²) in [4.78, 5) is 10.7. The molecule has 118 valence electrons. The zero-order valence-corrected chi connectivity index (χ0v) is 17.1. The van der Waals surface area contributed by atoms with Crippen molar-refractivity contribution >= 4 is 33.5 Å². The summed E-state index contributed by atoms with van der Waals surface area (Å²) in [6.45, 7) is 9.98. The highest BCUT2D eigenvalue weighted by Crippen LogP contribution is 2.20. The van der Waals surface area contributed by atoms with Crippen molar-refractivity contribution in [3.05, 3.63) is 0 Å². The third-order valence-electron chi connectivity index (χ3n) is 2.83. The predicted octanol–water partition coefficient (Wildman–Crippen LogP) is 1.15. The van der Waals surface area contributed by atoms with E-state index in [1.165, 1.54) is 0 Å². The quantitative estimate of drug-likeness (QED) is 0.357. The van der Waals surface area contributed by atoms with Gasteiger partial charge < -0.3 is 22.4 Å². The molecule has 0 amide bonds. The van der Waals surface area contributed by atoms with Crippen LogP contribution in [-0.2, 0) is 22.4 Å². The van der Waals surface area contributed by atoms with Crippen LogP contribution in [-0.4, -0.2) is 59.4 Å². The Morgan fingerprint density at radius 3 is 2.55 bits per heavy atom. The number of carbonyl (C=O) groups excluding carboxylic acids is 1. The number of hydrogen-bond acceptors (Lipinski definition) is 6. The molecule has 1 heterocycles. The summed E-state index contributed by atoms with van der Waals surface area (Å²) >= 11 is 0. The number of hydrogen-bond donors (Lipinski definition) is 0. The fourth-order valence-electron chi connectivity index (χ4n) is 2.00. The van der Waals surface area contributed by atoms with Gasteiger partial charge in [0.2, 0.25) is 0 Å². The van der Waals surface area contributed by atoms with Crippen LogP contribution < -0.4 is 0 Å². The van der Waals surface area contributed by atoms with E-state index in [0.717, 1.165) is 12.5 Å². The summed E-state index contributed by atoms with van der Waals surface area (Å²) in [5, 5.41) is 0. The van der Waals surface area contributed by atoms with Crippen LogP contribution in [0.3, 0.4) is 0 Å². The normalized spacial score (nSPS) is 22.4. The predicted molar refractivity (Wildman–Crippen MR) is 83.5 cm³/mol. The topological polar surface area (TPSA) is 63.2 Å². The van der Waals surface area contributed by atoms with Crippen LogP contribution in [0.15, 0.2) is 0 Å². The van der Waals surface area contributed by atoms with E-state index < -0.39 is 23.0 Å². The minimum absolute atomic E-state index is 0.265. The maximum atomic E-state index is 10.7. The van der Waals surface area contributed by atoms with Crippen LogP contribution >= 0.6 is 0 Å². The van der Waals surface area contributed by atoms with Crippen molar-refractivity contribution in [1.82, 2.24) is 0 Å². The molecule has 0 radical (unpaired) electrons. The fraction of sp³-hybridized carbons (Fsp3) is 0.909. The Kier molecular flexibility index (Phi) is 6.88. The molecule has 0 N–H and O–H groups in total. The number of cyclic esters (lactones) is 2. The third-order valence-corrected chi connectivity index (χ3v) is 11.7. The largest absolute Gasteiger partial charge is 0.508 e. The van der Waals surface area contributed by atoms with E-state index in [4.69, 9.17) is 17.7 Å². The first-order valence-electron chi connectivity index (χ1n) is 6.90. The zero-order valence-electron chi connectivity index (χ0n) is 13.1. The average Bonchev–Trinajstić information content (AvgIpc) is 2.72. The Hall–Kier alpha value is -0.199. The van der Waals surface area contributed by atoms with Gasteiger partial charge in [-0.15, -0.1) is 0 Å². The van der Waals surface area contributed by atoms with Crippen molar-refractivity contribution in [2.75, 3.05) is 19.8 Å². The van der Waals surface area contributed by atoms with Crippen LogP contribution in [0.25, 0.3) is 0 Å². The van der Waals surface area contributed by atoms with Gasteiger partial charge in [-0.2, -0.15) is 0 Å². The van der Waals surface area contributed by atoms with Crippen molar-refractivity contribution in [2.24, 2.45) is 0 Å². The maximum Gasteiger partial charge on any atom is 0.508 e. The van der Waals surface area contributed by atoms with Gasteiger partial charge in [-0.05, 0) is 38.7 Å². The molecule has 0 aliphatic carbocycles. The first kappa shape index (κ1) is 17.9. The Bertz CT molecular complexity index is 322. The van der Waals surface area contributed by atoms with Crippen LogP contribution in [0.4, 0.5) is 4.79 Å². The molecule has 0 bridgehead atoms. The van der Waals surface area contributed by atoms with Crippen LogP contribution in [0, 0.1) is 0 Å². The van der Waals surface area contributed by atoms with E-state index in [0.29, 0.717) is 23.7 Å². The molecule has 0 spiro atoms. The molecule has 1 saturated heterocycles. The van der Waals surface area contributed by atoms with Gasteiger partial charge in [-0.3, -0.25) is 0 Å². The molecule has 0 aromatic heterocycles. The zero-order chi connectivity index (χ0) is 15.2. The Morgan fingerprint density at radius 2 is 2.05 bits per heavy atom. The molecule has 1 fully saturated rings. The molecule has 0 saturated carbocycles. The summed E-state index contributed by atoms with van der Waals surface area (Å²) in [7, 11) is -2.88. The summed E-state index contributed by atoms with van der Waals surface area (Å²) in [6.07, 6.45) is 0.0300. The van der Waals surface area contributed by atoms with Crippen LogP contribution in [0.2, 0.25) is 32.2 Å². The van der Waals surface area contributed by atoms with Crippen molar-refractivity contribution in [1.29, 1.82) is 0 Å². The standard InChI is InChI=1S/C11H26O6Si3/c1-19(2,3)17-20(4,16-18)7-5-6-13-8-10-9-14-11(12)15-10/h10H,5-9H2,1-4,18H3. The van der Waals surface area contributed by atoms with Gasteiger partial charge in [-0.1, -0.05) is 0 Å². The molecule has 20 heavy (non-hydrogen) atoms. The molecule has 9 heteroatoms. The minimum Gasteiger partial charge on any atom is -0.445 e. The molecule has 0 aromatic rings. The molecule has 1 aliphatic rings. The second-order valence-electron chi connectivity index (χ2n) is 6.03. The van der Waals surface area contributed by atoms with Gasteiger partial charge in [0, 0.05) is 6.61 Å². The summed E-state index contributed by atoms with van der Waals surface area (Å²) in [5.74, 6) is 0. The van der Waals surface area contributed by atoms with Gasteiger partial charge in [0.15, 0.2) is 14.4 Å². The molecule has 6 nitrogen and oxygen atoms in total. The lowest BCUT2D eigenvalue weighted by Crippen LogP contribution is -2.46. The van der Waals surface area contributed by atoms with E-state index in [-0.39, 0.29) is 12.7 Å². The maximum absolute atomic E-state index is 10.7. The Balaban J connectivity index is 2.16. The van der Waals surface area contributed by atoms with Gasteiger partial charge in [-0.25, -0.2) is 4.79 Å². The lowest BCUT2D eigenvalue weighted by molar-refractivity contribution is 0.0458. The molecule has 0 aromatic carbocycles. The smallest absolute Gasteiger partial charge is 0.445 e. The first-order chi connectivity index (χ1) is 9.24. The SMILES string of the molecule is C[Si](C)(C)O[Si](C)(CCCOCC1COC(=O)O1)O[SiH3]. The highest BCUT2D eigenvalue weighted by atomic mass is 28.5. The molecule has 2 unspecified atom stereocenters. The van der Waals surface area contributed by atoms with Crippen molar-refractivity contribution < 1.29 is 27.2 Å². The molecular weight excluding hydrogens is 312 g/mol. The fourth-order valence-corrected chi connectivity index (χ4v) is 10.3. The number of rotatable bonds is 9. The van der Waals surface area contributed by atoms with E-state index in [9.17, 15) is 4.79 Å². The lowest BCUT2D eigenvalue weighted by atomic mass is 10.4. The summed E-state index contributed by atoms with van der Waals surface area (Å²) in [5.41, 5.74) is 0. The minimum atomic E-state index is -2.02. The van der Waals surface area contributed by atoms with Gasteiger partial charge in [0.25, 0.3) is 0 Å². The molecule has 1 rings (SSSR count). The molecule has 1 aliphatic heterocycles. The second kappa shape index (κ2) is 7.71.